The van der Waals surface area contributed by atoms with E-state index in [2.05, 4.69) is 48.4 Å². The van der Waals surface area contributed by atoms with E-state index >= 15 is 0 Å². The zero-order chi connectivity index (χ0) is 11.5. The fourth-order valence-electron chi connectivity index (χ4n) is 1.64. The zero-order valence-electron chi connectivity index (χ0n) is 9.94. The van der Waals surface area contributed by atoms with Gasteiger partial charge in [-0.3, -0.25) is 0 Å². The smallest absolute Gasteiger partial charge is 0.202 e. The Hall–Kier alpha value is -1.77. The molecule has 0 radical (unpaired) electrons. The molecule has 16 heavy (non-hydrogen) atoms. The number of imidazole rings is 1. The summed E-state index contributed by atoms with van der Waals surface area (Å²) in [5, 5.41) is 3.38. The third kappa shape index (κ3) is 2.24. The van der Waals surface area contributed by atoms with Gasteiger partial charge in [0.05, 0.1) is 6.04 Å². The van der Waals surface area contributed by atoms with Crippen LogP contribution in [0.4, 0.5) is 5.95 Å². The highest BCUT2D eigenvalue weighted by molar-refractivity contribution is 5.33. The summed E-state index contributed by atoms with van der Waals surface area (Å²) in [7, 11) is 1.98. The molecule has 84 valence electrons. The van der Waals surface area contributed by atoms with Gasteiger partial charge in [0.1, 0.15) is 0 Å². The molecule has 0 amide bonds. The number of aromatic nitrogens is 2. The summed E-state index contributed by atoms with van der Waals surface area (Å²) < 4.78 is 1.98. The molecule has 0 saturated carbocycles. The molecule has 1 N–H and O–H groups in total. The van der Waals surface area contributed by atoms with Gasteiger partial charge >= 0.3 is 0 Å². The second-order valence-electron chi connectivity index (χ2n) is 4.14. The van der Waals surface area contributed by atoms with Gasteiger partial charge in [0.2, 0.25) is 5.95 Å². The van der Waals surface area contributed by atoms with Crippen molar-refractivity contribution in [3.63, 3.8) is 0 Å². The average Bonchev–Trinajstić information content (AvgIpc) is 2.65. The molecule has 0 fully saturated rings. The lowest BCUT2D eigenvalue weighted by Gasteiger charge is -2.15. The number of hydrogen-bond donors (Lipinski definition) is 1. The van der Waals surface area contributed by atoms with Crippen LogP contribution in [0.2, 0.25) is 0 Å². The number of aryl methyl sites for hydroxylation is 2. The average molecular weight is 215 g/mol. The second-order valence-corrected chi connectivity index (χ2v) is 4.14. The van der Waals surface area contributed by atoms with E-state index in [1.165, 1.54) is 11.1 Å². The third-order valence-electron chi connectivity index (χ3n) is 2.74. The van der Waals surface area contributed by atoms with E-state index in [1.807, 2.05) is 17.8 Å². The first-order chi connectivity index (χ1) is 7.66. The fraction of sp³-hybridized carbons (Fsp3) is 0.308. The van der Waals surface area contributed by atoms with Crippen molar-refractivity contribution in [1.29, 1.82) is 0 Å². The summed E-state index contributed by atoms with van der Waals surface area (Å²) in [5.41, 5.74) is 2.56. The van der Waals surface area contributed by atoms with Crippen molar-refractivity contribution in [2.24, 2.45) is 7.05 Å². The zero-order valence-corrected chi connectivity index (χ0v) is 9.94. The summed E-state index contributed by atoms with van der Waals surface area (Å²) in [6, 6.07) is 8.82. The molecule has 0 spiro atoms. The highest BCUT2D eigenvalue weighted by atomic mass is 15.2. The monoisotopic (exact) mass is 215 g/mol. The van der Waals surface area contributed by atoms with Crippen LogP contribution in [0, 0.1) is 6.92 Å². The molecule has 0 aliphatic rings. The Kier molecular flexibility index (Phi) is 2.95. The van der Waals surface area contributed by atoms with Crippen molar-refractivity contribution in [3.8, 4) is 0 Å². The summed E-state index contributed by atoms with van der Waals surface area (Å²) in [6.45, 7) is 4.24. The number of hydrogen-bond acceptors (Lipinski definition) is 2. The molecule has 3 heteroatoms. The predicted molar refractivity (Wildman–Crippen MR) is 66.4 cm³/mol. The Morgan fingerprint density at radius 3 is 2.50 bits per heavy atom. The van der Waals surface area contributed by atoms with E-state index < -0.39 is 0 Å². The Bertz CT molecular complexity index is 456. The van der Waals surface area contributed by atoms with Crippen molar-refractivity contribution < 1.29 is 0 Å². The topological polar surface area (TPSA) is 29.9 Å². The Balaban J connectivity index is 2.11. The van der Waals surface area contributed by atoms with Crippen LogP contribution in [0.5, 0.6) is 0 Å². The minimum Gasteiger partial charge on any atom is -0.349 e. The molecule has 0 saturated heterocycles. The van der Waals surface area contributed by atoms with E-state index in [1.54, 1.807) is 6.20 Å². The minimum absolute atomic E-state index is 0.265. The SMILES string of the molecule is Cc1ccc(C(C)Nc2nccn2C)cc1. The van der Waals surface area contributed by atoms with Crippen molar-refractivity contribution >= 4 is 5.95 Å². The van der Waals surface area contributed by atoms with Crippen LogP contribution >= 0.6 is 0 Å². The summed E-state index contributed by atoms with van der Waals surface area (Å²) in [5.74, 6) is 0.896. The van der Waals surface area contributed by atoms with Gasteiger partial charge in [-0.2, -0.15) is 0 Å². The first-order valence-corrected chi connectivity index (χ1v) is 5.47. The Morgan fingerprint density at radius 2 is 1.94 bits per heavy atom. The molecular weight excluding hydrogens is 198 g/mol. The normalized spacial score (nSPS) is 12.4. The lowest BCUT2D eigenvalue weighted by molar-refractivity contribution is 0.822. The van der Waals surface area contributed by atoms with Gasteiger partial charge < -0.3 is 9.88 Å². The summed E-state index contributed by atoms with van der Waals surface area (Å²) in [6.07, 6.45) is 3.73. The lowest BCUT2D eigenvalue weighted by atomic mass is 10.1. The quantitative estimate of drug-likeness (QED) is 0.853. The van der Waals surface area contributed by atoms with E-state index in [4.69, 9.17) is 0 Å². The van der Waals surface area contributed by atoms with Crippen LogP contribution in [-0.4, -0.2) is 9.55 Å². The number of nitrogens with zero attached hydrogens (tertiary/aromatic N) is 2. The molecule has 2 rings (SSSR count). The van der Waals surface area contributed by atoms with E-state index in [-0.39, 0.29) is 6.04 Å². The summed E-state index contributed by atoms with van der Waals surface area (Å²) >= 11 is 0. The highest BCUT2D eigenvalue weighted by Crippen LogP contribution is 2.17. The van der Waals surface area contributed by atoms with Crippen LogP contribution < -0.4 is 5.32 Å². The molecule has 1 aromatic carbocycles. The van der Waals surface area contributed by atoms with Gasteiger partial charge in [0.15, 0.2) is 0 Å². The van der Waals surface area contributed by atoms with Crippen molar-refractivity contribution in [3.05, 3.63) is 47.8 Å². The molecule has 0 aliphatic heterocycles. The molecule has 3 nitrogen and oxygen atoms in total. The molecular formula is C13H17N3. The standard InChI is InChI=1S/C13H17N3/c1-10-4-6-12(7-5-10)11(2)15-13-14-8-9-16(13)3/h4-9,11H,1-3H3,(H,14,15). The maximum atomic E-state index is 4.25. The van der Waals surface area contributed by atoms with Crippen LogP contribution in [-0.2, 0) is 7.05 Å². The van der Waals surface area contributed by atoms with Gasteiger partial charge in [0.25, 0.3) is 0 Å². The van der Waals surface area contributed by atoms with Crippen LogP contribution in [0.3, 0.4) is 0 Å². The third-order valence-corrected chi connectivity index (χ3v) is 2.74. The molecule has 0 bridgehead atoms. The Morgan fingerprint density at radius 1 is 1.25 bits per heavy atom. The summed E-state index contributed by atoms with van der Waals surface area (Å²) in [4.78, 5) is 4.25. The van der Waals surface area contributed by atoms with Crippen LogP contribution in [0.1, 0.15) is 24.1 Å². The molecule has 1 unspecified atom stereocenters. The van der Waals surface area contributed by atoms with Crippen molar-refractivity contribution in [2.45, 2.75) is 19.9 Å². The van der Waals surface area contributed by atoms with E-state index in [9.17, 15) is 0 Å². The van der Waals surface area contributed by atoms with E-state index in [0.29, 0.717) is 0 Å². The first kappa shape index (κ1) is 10.7. The molecule has 2 aromatic rings. The molecule has 1 atom stereocenters. The van der Waals surface area contributed by atoms with Gasteiger partial charge in [-0.05, 0) is 19.4 Å². The number of anilines is 1. The molecule has 1 aromatic heterocycles. The maximum Gasteiger partial charge on any atom is 0.202 e. The van der Waals surface area contributed by atoms with Gasteiger partial charge in [0, 0.05) is 19.4 Å². The fourth-order valence-corrected chi connectivity index (χ4v) is 1.64. The number of benzene rings is 1. The highest BCUT2D eigenvalue weighted by Gasteiger charge is 2.07. The van der Waals surface area contributed by atoms with Crippen molar-refractivity contribution in [1.82, 2.24) is 9.55 Å². The minimum atomic E-state index is 0.265. The first-order valence-electron chi connectivity index (χ1n) is 5.47. The second kappa shape index (κ2) is 4.39. The predicted octanol–water partition coefficient (Wildman–Crippen LogP) is 2.90. The van der Waals surface area contributed by atoms with E-state index in [0.717, 1.165) is 5.95 Å². The molecule has 1 heterocycles. The maximum absolute atomic E-state index is 4.25. The Labute approximate surface area is 96.1 Å². The van der Waals surface area contributed by atoms with Crippen molar-refractivity contribution in [2.75, 3.05) is 5.32 Å². The van der Waals surface area contributed by atoms with Crippen LogP contribution in [0.25, 0.3) is 0 Å². The van der Waals surface area contributed by atoms with Crippen LogP contribution in [0.15, 0.2) is 36.7 Å². The van der Waals surface area contributed by atoms with Gasteiger partial charge in [-0.25, -0.2) is 4.98 Å². The van der Waals surface area contributed by atoms with Gasteiger partial charge in [-0.15, -0.1) is 0 Å². The molecule has 0 aliphatic carbocycles. The van der Waals surface area contributed by atoms with Gasteiger partial charge in [-0.1, -0.05) is 29.8 Å². The lowest BCUT2D eigenvalue weighted by Crippen LogP contribution is -2.10. The number of rotatable bonds is 3. The largest absolute Gasteiger partial charge is 0.349 e. The number of nitrogens with one attached hydrogen (secondary N) is 1.